The summed E-state index contributed by atoms with van der Waals surface area (Å²) in [6.45, 7) is 0. The molecule has 0 radical (unpaired) electrons. The molecule has 0 bridgehead atoms. The van der Waals surface area contributed by atoms with Crippen LogP contribution in [0.3, 0.4) is 0 Å². The lowest BCUT2D eigenvalue weighted by atomic mass is 10.1. The van der Waals surface area contributed by atoms with Gasteiger partial charge in [0.15, 0.2) is 0 Å². The Morgan fingerprint density at radius 3 is 3.00 bits per heavy atom. The van der Waals surface area contributed by atoms with Gasteiger partial charge in [-0.1, -0.05) is 5.16 Å². The molecule has 0 aliphatic heterocycles. The lowest BCUT2D eigenvalue weighted by molar-refractivity contribution is 0.353. The normalized spacial score (nSPS) is 24.1. The zero-order valence-corrected chi connectivity index (χ0v) is 9.41. The SMILES string of the molecule is NC1CCC(c2nc(-c3cccnc3)no2)C1. The maximum atomic E-state index is 5.88. The van der Waals surface area contributed by atoms with Crippen LogP contribution in [0, 0.1) is 0 Å². The minimum absolute atomic E-state index is 0.272. The van der Waals surface area contributed by atoms with Crippen molar-refractivity contribution in [1.29, 1.82) is 0 Å². The first-order valence-electron chi connectivity index (χ1n) is 5.82. The number of pyridine rings is 1. The highest BCUT2D eigenvalue weighted by Gasteiger charge is 2.27. The number of hydrogen-bond donors (Lipinski definition) is 1. The van der Waals surface area contributed by atoms with Crippen molar-refractivity contribution in [2.24, 2.45) is 5.73 Å². The smallest absolute Gasteiger partial charge is 0.230 e. The van der Waals surface area contributed by atoms with Crippen molar-refractivity contribution in [1.82, 2.24) is 15.1 Å². The lowest BCUT2D eigenvalue weighted by Gasteiger charge is -2.01. The number of hydrogen-bond acceptors (Lipinski definition) is 5. The fourth-order valence-corrected chi connectivity index (χ4v) is 2.25. The Morgan fingerprint density at radius 2 is 2.29 bits per heavy atom. The molecule has 2 unspecified atom stereocenters. The number of nitrogens with zero attached hydrogens (tertiary/aromatic N) is 3. The van der Waals surface area contributed by atoms with Crippen molar-refractivity contribution in [2.75, 3.05) is 0 Å². The summed E-state index contributed by atoms with van der Waals surface area (Å²) in [5, 5.41) is 3.99. The van der Waals surface area contributed by atoms with E-state index in [9.17, 15) is 0 Å². The molecule has 1 aliphatic carbocycles. The zero-order valence-electron chi connectivity index (χ0n) is 9.41. The molecule has 1 fully saturated rings. The Balaban J connectivity index is 1.84. The molecule has 0 aromatic carbocycles. The van der Waals surface area contributed by atoms with Crippen molar-refractivity contribution in [3.05, 3.63) is 30.4 Å². The van der Waals surface area contributed by atoms with E-state index in [0.29, 0.717) is 17.6 Å². The molecule has 2 heterocycles. The predicted octanol–water partition coefficient (Wildman–Crippen LogP) is 1.73. The third-order valence-electron chi connectivity index (χ3n) is 3.18. The van der Waals surface area contributed by atoms with Gasteiger partial charge < -0.3 is 10.3 Å². The van der Waals surface area contributed by atoms with Crippen LogP contribution in [-0.4, -0.2) is 21.2 Å². The third-order valence-corrected chi connectivity index (χ3v) is 3.18. The first kappa shape index (κ1) is 10.4. The second-order valence-corrected chi connectivity index (χ2v) is 4.47. The lowest BCUT2D eigenvalue weighted by Crippen LogP contribution is -2.14. The molecule has 2 aromatic rings. The molecule has 3 rings (SSSR count). The fraction of sp³-hybridized carbons (Fsp3) is 0.417. The molecule has 0 spiro atoms. The van der Waals surface area contributed by atoms with E-state index >= 15 is 0 Å². The van der Waals surface area contributed by atoms with Crippen molar-refractivity contribution >= 4 is 0 Å². The van der Waals surface area contributed by atoms with Crippen LogP contribution < -0.4 is 5.73 Å². The summed E-state index contributed by atoms with van der Waals surface area (Å²) in [4.78, 5) is 8.46. The van der Waals surface area contributed by atoms with Gasteiger partial charge in [0.1, 0.15) is 0 Å². The molecule has 0 saturated heterocycles. The van der Waals surface area contributed by atoms with Gasteiger partial charge in [0.25, 0.3) is 0 Å². The van der Waals surface area contributed by atoms with Crippen LogP contribution in [0.15, 0.2) is 29.0 Å². The van der Waals surface area contributed by atoms with Crippen LogP contribution in [0.25, 0.3) is 11.4 Å². The topological polar surface area (TPSA) is 77.8 Å². The Bertz CT molecular complexity index is 496. The molecule has 1 saturated carbocycles. The van der Waals surface area contributed by atoms with E-state index in [1.165, 1.54) is 0 Å². The highest BCUT2D eigenvalue weighted by Crippen LogP contribution is 2.33. The molecule has 5 heteroatoms. The highest BCUT2D eigenvalue weighted by atomic mass is 16.5. The standard InChI is InChI=1S/C12H14N4O/c13-10-4-3-8(6-10)12-15-11(16-17-12)9-2-1-5-14-7-9/h1-2,5,7-8,10H,3-4,6,13H2. The summed E-state index contributed by atoms with van der Waals surface area (Å²) >= 11 is 0. The molecule has 5 nitrogen and oxygen atoms in total. The highest BCUT2D eigenvalue weighted by molar-refractivity contribution is 5.51. The summed E-state index contributed by atoms with van der Waals surface area (Å²) < 4.78 is 5.31. The van der Waals surface area contributed by atoms with Crippen molar-refractivity contribution in [3.8, 4) is 11.4 Å². The Morgan fingerprint density at radius 1 is 1.35 bits per heavy atom. The number of rotatable bonds is 2. The van der Waals surface area contributed by atoms with Crippen LogP contribution in [0.1, 0.15) is 31.1 Å². The number of aromatic nitrogens is 3. The van der Waals surface area contributed by atoms with Crippen molar-refractivity contribution in [2.45, 2.75) is 31.2 Å². The van der Waals surface area contributed by atoms with Gasteiger partial charge in [0, 0.05) is 29.9 Å². The van der Waals surface area contributed by atoms with E-state index < -0.39 is 0 Å². The minimum atomic E-state index is 0.272. The van der Waals surface area contributed by atoms with Gasteiger partial charge >= 0.3 is 0 Å². The van der Waals surface area contributed by atoms with E-state index in [1.807, 2.05) is 12.1 Å². The average Bonchev–Trinajstić information content (AvgIpc) is 2.98. The molecule has 0 amide bonds. The molecule has 2 atom stereocenters. The van der Waals surface area contributed by atoms with Crippen molar-refractivity contribution in [3.63, 3.8) is 0 Å². The van der Waals surface area contributed by atoms with Crippen molar-refractivity contribution < 1.29 is 4.52 Å². The molecule has 2 aromatic heterocycles. The van der Waals surface area contributed by atoms with E-state index in [-0.39, 0.29) is 6.04 Å². The Hall–Kier alpha value is -1.75. The van der Waals surface area contributed by atoms with Crippen LogP contribution >= 0.6 is 0 Å². The van der Waals surface area contributed by atoms with Crippen LogP contribution in [0.4, 0.5) is 0 Å². The summed E-state index contributed by atoms with van der Waals surface area (Å²) in [6, 6.07) is 4.05. The monoisotopic (exact) mass is 230 g/mol. The fourth-order valence-electron chi connectivity index (χ4n) is 2.25. The molecular weight excluding hydrogens is 216 g/mol. The maximum Gasteiger partial charge on any atom is 0.230 e. The molecule has 17 heavy (non-hydrogen) atoms. The van der Waals surface area contributed by atoms with Gasteiger partial charge in [0.05, 0.1) is 0 Å². The van der Waals surface area contributed by atoms with Gasteiger partial charge in [-0.05, 0) is 31.4 Å². The van der Waals surface area contributed by atoms with Crippen LogP contribution in [0.5, 0.6) is 0 Å². The van der Waals surface area contributed by atoms with E-state index in [1.54, 1.807) is 12.4 Å². The average molecular weight is 230 g/mol. The quantitative estimate of drug-likeness (QED) is 0.850. The van der Waals surface area contributed by atoms with Gasteiger partial charge in [-0.25, -0.2) is 0 Å². The summed E-state index contributed by atoms with van der Waals surface area (Å²) in [5.74, 6) is 1.63. The summed E-state index contributed by atoms with van der Waals surface area (Å²) in [7, 11) is 0. The van der Waals surface area contributed by atoms with Gasteiger partial charge in [-0.2, -0.15) is 4.98 Å². The molecule has 2 N–H and O–H groups in total. The zero-order chi connectivity index (χ0) is 11.7. The Kier molecular flexibility index (Phi) is 2.60. The van der Waals surface area contributed by atoms with Crippen LogP contribution in [0.2, 0.25) is 0 Å². The molecule has 1 aliphatic rings. The Labute approximate surface area is 99.1 Å². The number of nitrogens with two attached hydrogens (primary N) is 1. The first-order valence-corrected chi connectivity index (χ1v) is 5.82. The second-order valence-electron chi connectivity index (χ2n) is 4.47. The van der Waals surface area contributed by atoms with E-state index in [0.717, 1.165) is 24.8 Å². The minimum Gasteiger partial charge on any atom is -0.339 e. The van der Waals surface area contributed by atoms with Crippen LogP contribution in [-0.2, 0) is 0 Å². The third kappa shape index (κ3) is 2.06. The van der Waals surface area contributed by atoms with Gasteiger partial charge in [-0.15, -0.1) is 0 Å². The van der Waals surface area contributed by atoms with Gasteiger partial charge in [-0.3, -0.25) is 4.98 Å². The van der Waals surface area contributed by atoms with E-state index in [4.69, 9.17) is 10.3 Å². The molecule has 88 valence electrons. The first-order chi connectivity index (χ1) is 8.33. The summed E-state index contributed by atoms with van der Waals surface area (Å²) in [6.07, 6.45) is 6.47. The largest absolute Gasteiger partial charge is 0.339 e. The molecular formula is C12H14N4O. The predicted molar refractivity (Wildman–Crippen MR) is 62.1 cm³/mol. The van der Waals surface area contributed by atoms with E-state index in [2.05, 4.69) is 15.1 Å². The second kappa shape index (κ2) is 4.25. The van der Waals surface area contributed by atoms with Gasteiger partial charge in [0.2, 0.25) is 11.7 Å². The maximum absolute atomic E-state index is 5.88. The summed E-state index contributed by atoms with van der Waals surface area (Å²) in [5.41, 5.74) is 6.76.